The van der Waals surface area contributed by atoms with E-state index in [1.807, 2.05) is 11.6 Å². The molecule has 28 heavy (non-hydrogen) atoms. The Labute approximate surface area is 170 Å². The van der Waals surface area contributed by atoms with Crippen molar-refractivity contribution in [1.82, 2.24) is 4.72 Å². The van der Waals surface area contributed by atoms with E-state index in [1.54, 1.807) is 47.4 Å². The number of benzene rings is 2. The molecule has 0 aromatic heterocycles. The summed E-state index contributed by atoms with van der Waals surface area (Å²) in [6.45, 7) is 1.83. The lowest BCUT2D eigenvalue weighted by atomic mass is 9.92. The number of methoxy groups -OCH3 is 1. The lowest BCUT2D eigenvalue weighted by molar-refractivity contribution is -0.119. The number of halogens is 1. The normalized spacial score (nSPS) is 19.1. The molecule has 7 nitrogen and oxygen atoms in total. The maximum Gasteiger partial charge on any atom is 0.258 e. The molecule has 2 aromatic rings. The first-order valence-electron chi connectivity index (χ1n) is 8.47. The lowest BCUT2D eigenvalue weighted by Gasteiger charge is -2.25. The van der Waals surface area contributed by atoms with Crippen molar-refractivity contribution in [2.24, 2.45) is 0 Å². The highest BCUT2D eigenvalue weighted by Crippen LogP contribution is 2.45. The van der Waals surface area contributed by atoms with Gasteiger partial charge in [0.25, 0.3) is 5.91 Å². The van der Waals surface area contributed by atoms with Crippen LogP contribution in [0.4, 0.5) is 5.69 Å². The molecule has 3 rings (SSSR count). The summed E-state index contributed by atoms with van der Waals surface area (Å²) in [7, 11) is 1.53. The first-order chi connectivity index (χ1) is 13.3. The zero-order chi connectivity index (χ0) is 20.4. The summed E-state index contributed by atoms with van der Waals surface area (Å²) >= 11 is 3.22. The molecule has 0 saturated carbocycles. The molecule has 0 saturated heterocycles. The second kappa shape index (κ2) is 8.30. The highest BCUT2D eigenvalue weighted by atomic mass is 35.5. The second-order valence-electron chi connectivity index (χ2n) is 6.42. The van der Waals surface area contributed by atoms with Crippen molar-refractivity contribution in [3.8, 4) is 5.75 Å². The third-order valence-corrected chi connectivity index (χ3v) is 5.44. The van der Waals surface area contributed by atoms with Gasteiger partial charge in [-0.25, -0.2) is 0 Å². The molecule has 0 aliphatic carbocycles. The van der Waals surface area contributed by atoms with Gasteiger partial charge < -0.3 is 14.2 Å². The fourth-order valence-electron chi connectivity index (χ4n) is 3.48. The van der Waals surface area contributed by atoms with Crippen molar-refractivity contribution < 1.29 is 23.1 Å². The van der Waals surface area contributed by atoms with Gasteiger partial charge in [0, 0.05) is 45.9 Å². The number of nitrogens with one attached hydrogen (secondary N) is 1. The maximum atomic E-state index is 13.1. The predicted octanol–water partition coefficient (Wildman–Crippen LogP) is 2.78. The summed E-state index contributed by atoms with van der Waals surface area (Å²) < 4.78 is 28.7. The first-order valence-corrected chi connectivity index (χ1v) is 9.93. The third-order valence-electron chi connectivity index (χ3n) is 4.80. The molecule has 0 spiro atoms. The number of hydrogen-bond donors (Lipinski definition) is 1. The van der Waals surface area contributed by atoms with Gasteiger partial charge in [-0.15, -0.1) is 0 Å². The minimum atomic E-state index is -2.69. The Kier molecular flexibility index (Phi) is 6.02. The van der Waals surface area contributed by atoms with Crippen LogP contribution < -0.4 is 14.4 Å². The zero-order valence-electron chi connectivity index (χ0n) is 15.2. The van der Waals surface area contributed by atoms with Gasteiger partial charge in [-0.2, -0.15) is 0 Å². The van der Waals surface area contributed by atoms with Crippen LogP contribution in [0.15, 0.2) is 42.5 Å². The van der Waals surface area contributed by atoms with E-state index in [9.17, 15) is 18.4 Å². The fraction of sp³-hybridized carbons (Fsp3) is 0.263. The van der Waals surface area contributed by atoms with Gasteiger partial charge >= 0.3 is 0 Å². The van der Waals surface area contributed by atoms with Crippen LogP contribution in [-0.4, -0.2) is 33.7 Å². The number of anilines is 1. The van der Waals surface area contributed by atoms with Gasteiger partial charge in [0.15, 0.2) is 0 Å². The molecule has 3 unspecified atom stereocenters. The van der Waals surface area contributed by atoms with Crippen LogP contribution in [0.2, 0.25) is 5.02 Å². The highest BCUT2D eigenvalue weighted by Gasteiger charge is 2.40. The van der Waals surface area contributed by atoms with Gasteiger partial charge in [0.2, 0.25) is 5.91 Å². The number of carbonyl (C=O) groups excluding carboxylic acids is 2. The van der Waals surface area contributed by atoms with Crippen LogP contribution in [0.1, 0.15) is 35.2 Å². The van der Waals surface area contributed by atoms with Crippen LogP contribution in [0.25, 0.3) is 0 Å². The molecule has 3 atom stereocenters. The quantitative estimate of drug-likeness (QED) is 0.748. The molecule has 1 aliphatic rings. The van der Waals surface area contributed by atoms with E-state index in [0.717, 1.165) is 5.56 Å². The molecular weight excluding hydrogens is 404 g/mol. The van der Waals surface area contributed by atoms with E-state index in [1.165, 1.54) is 7.11 Å². The Morgan fingerprint density at radius 1 is 1.25 bits per heavy atom. The van der Waals surface area contributed by atoms with Crippen LogP contribution in [0.5, 0.6) is 5.75 Å². The van der Waals surface area contributed by atoms with Gasteiger partial charge in [-0.1, -0.05) is 11.6 Å². The van der Waals surface area contributed by atoms with Crippen molar-refractivity contribution >= 4 is 40.4 Å². The van der Waals surface area contributed by atoms with E-state index < -0.39 is 17.2 Å². The van der Waals surface area contributed by atoms with Crippen molar-refractivity contribution in [2.75, 3.05) is 12.0 Å². The van der Waals surface area contributed by atoms with Gasteiger partial charge in [-0.3, -0.25) is 18.5 Å². The van der Waals surface area contributed by atoms with Crippen molar-refractivity contribution in [1.29, 1.82) is 0 Å². The van der Waals surface area contributed by atoms with E-state index in [-0.39, 0.29) is 24.3 Å². The van der Waals surface area contributed by atoms with Crippen LogP contribution >= 0.6 is 11.6 Å². The summed E-state index contributed by atoms with van der Waals surface area (Å²) in [5.74, 6) is -0.667. The number of hydrogen-bond acceptors (Lipinski definition) is 5. The molecule has 2 aromatic carbocycles. The Balaban J connectivity index is 1.98. The monoisotopic (exact) mass is 421 g/mol. The summed E-state index contributed by atoms with van der Waals surface area (Å²) in [4.78, 5) is 26.8. The largest absolute Gasteiger partial charge is 0.755 e. The standard InChI is InChI=1S/C19H19ClN2O5S/c1-11-15(10-18(23)21-28(25)26)16-9-14(27-2)7-8-17(16)22(11)19(24)12-3-5-13(20)6-4-12/h3-9,11,15H,10H2,1-2H3,(H,21,23)(H,25,26)/p-1. The SMILES string of the molecule is COc1ccc2c(c1)C(CC(=O)NS(=O)[O-])C(C)N2C(=O)c1ccc(Cl)cc1. The van der Waals surface area contributed by atoms with E-state index in [0.29, 0.717) is 22.0 Å². The van der Waals surface area contributed by atoms with Crippen LogP contribution in [-0.2, 0) is 16.1 Å². The molecule has 0 fully saturated rings. The van der Waals surface area contributed by atoms with Gasteiger partial charge in [0.05, 0.1) is 7.11 Å². The Bertz CT molecular complexity index is 934. The molecule has 0 bridgehead atoms. The first kappa shape index (κ1) is 20.3. The molecule has 1 heterocycles. The number of ether oxygens (including phenoxy) is 1. The van der Waals surface area contributed by atoms with Gasteiger partial charge in [0.1, 0.15) is 5.75 Å². The number of rotatable bonds is 5. The average molecular weight is 422 g/mol. The van der Waals surface area contributed by atoms with Crippen molar-refractivity contribution in [3.05, 3.63) is 58.6 Å². The van der Waals surface area contributed by atoms with Crippen molar-refractivity contribution in [2.45, 2.75) is 25.3 Å². The Hall–Kier alpha value is -2.42. The summed E-state index contributed by atoms with van der Waals surface area (Å²) in [5, 5.41) is 0.524. The highest BCUT2D eigenvalue weighted by molar-refractivity contribution is 7.77. The predicted molar refractivity (Wildman–Crippen MR) is 105 cm³/mol. The summed E-state index contributed by atoms with van der Waals surface area (Å²) in [5.41, 5.74) is 1.87. The van der Waals surface area contributed by atoms with E-state index >= 15 is 0 Å². The topological polar surface area (TPSA) is 98.8 Å². The third kappa shape index (κ3) is 4.04. The zero-order valence-corrected chi connectivity index (χ0v) is 16.8. The minimum absolute atomic E-state index is 0.0836. The molecule has 9 heteroatoms. The van der Waals surface area contributed by atoms with Crippen LogP contribution in [0.3, 0.4) is 0 Å². The number of nitrogens with zero attached hydrogens (tertiary/aromatic N) is 1. The fourth-order valence-corrected chi connectivity index (χ4v) is 3.87. The maximum absolute atomic E-state index is 13.1. The molecule has 148 valence electrons. The number of carbonyl (C=O) groups is 2. The minimum Gasteiger partial charge on any atom is -0.755 e. The van der Waals surface area contributed by atoms with E-state index in [4.69, 9.17) is 16.3 Å². The number of amides is 2. The van der Waals surface area contributed by atoms with Gasteiger partial charge in [-0.05, 0) is 55.0 Å². The number of fused-ring (bicyclic) bond motifs is 1. The molecule has 0 radical (unpaired) electrons. The Morgan fingerprint density at radius 2 is 1.93 bits per heavy atom. The molecule has 1 N–H and O–H groups in total. The molecular formula is C19H18ClN2O5S-. The molecule has 1 aliphatic heterocycles. The van der Waals surface area contributed by atoms with Crippen LogP contribution in [0, 0.1) is 0 Å². The second-order valence-corrected chi connectivity index (χ2v) is 7.53. The van der Waals surface area contributed by atoms with Crippen molar-refractivity contribution in [3.63, 3.8) is 0 Å². The average Bonchev–Trinajstić information content (AvgIpc) is 2.92. The Morgan fingerprint density at radius 3 is 2.54 bits per heavy atom. The summed E-state index contributed by atoms with van der Waals surface area (Å²) in [6.07, 6.45) is -0.0836. The van der Waals surface area contributed by atoms with E-state index in [2.05, 4.69) is 0 Å². The molecule has 2 amide bonds. The lowest BCUT2D eigenvalue weighted by Crippen LogP contribution is -2.38. The summed E-state index contributed by atoms with van der Waals surface area (Å²) in [6, 6.07) is 11.5. The smallest absolute Gasteiger partial charge is 0.258 e.